The van der Waals surface area contributed by atoms with Crippen LogP contribution in [0.1, 0.15) is 10.6 Å². The fourth-order valence-corrected chi connectivity index (χ4v) is 0.937. The van der Waals surface area contributed by atoms with Crippen LogP contribution in [0.3, 0.4) is 0 Å². The second-order valence-corrected chi connectivity index (χ2v) is 2.36. The highest BCUT2D eigenvalue weighted by atomic mass is 79.9. The van der Waals surface area contributed by atoms with Gasteiger partial charge in [0.05, 0.1) is 0 Å². The molecule has 0 amide bonds. The summed E-state index contributed by atoms with van der Waals surface area (Å²) in [5, 5.41) is 0. The van der Waals surface area contributed by atoms with Crippen LogP contribution in [0.4, 0.5) is 0 Å². The van der Waals surface area contributed by atoms with Gasteiger partial charge >= 0.3 is 0 Å². The van der Waals surface area contributed by atoms with Gasteiger partial charge in [-0.25, -0.2) is 4.98 Å². The Labute approximate surface area is 60.8 Å². The molecule has 1 heterocycles. The molecule has 0 unspecified atom stereocenters. The van der Waals surface area contributed by atoms with E-state index in [9.17, 15) is 4.79 Å². The van der Waals surface area contributed by atoms with Crippen molar-refractivity contribution in [3.8, 4) is 0 Å². The van der Waals surface area contributed by atoms with Crippen molar-refractivity contribution in [2.45, 2.75) is 0 Å². The molecule has 0 aliphatic heterocycles. The number of aryl methyl sites for hydroxylation is 1. The molecule has 0 atom stereocenters. The zero-order valence-electron chi connectivity index (χ0n) is 4.84. The van der Waals surface area contributed by atoms with Gasteiger partial charge in [0.2, 0.25) is 0 Å². The van der Waals surface area contributed by atoms with Gasteiger partial charge in [0.25, 0.3) is 4.69 Å². The Hall–Kier alpha value is -0.640. The second kappa shape index (κ2) is 2.31. The van der Waals surface area contributed by atoms with Gasteiger partial charge in [-0.3, -0.25) is 4.79 Å². The van der Waals surface area contributed by atoms with Crippen molar-refractivity contribution in [1.29, 1.82) is 0 Å². The third-order valence-corrected chi connectivity index (χ3v) is 1.35. The molecule has 48 valence electrons. The predicted molar refractivity (Wildman–Crippen MR) is 36.5 cm³/mol. The Morgan fingerprint density at radius 3 is 2.78 bits per heavy atom. The molecular formula is C5H5BrN2O. The zero-order valence-corrected chi connectivity index (χ0v) is 6.42. The maximum atomic E-state index is 10.6. The SMILES string of the molecule is Cn1ccnc1C(=O)Br. The summed E-state index contributed by atoms with van der Waals surface area (Å²) in [6.07, 6.45) is 3.29. The van der Waals surface area contributed by atoms with E-state index in [4.69, 9.17) is 0 Å². The van der Waals surface area contributed by atoms with Crippen molar-refractivity contribution in [2.75, 3.05) is 0 Å². The molecule has 0 radical (unpaired) electrons. The van der Waals surface area contributed by atoms with Crippen LogP contribution in [0.5, 0.6) is 0 Å². The van der Waals surface area contributed by atoms with Crippen molar-refractivity contribution < 1.29 is 4.79 Å². The molecule has 0 aliphatic rings. The van der Waals surface area contributed by atoms with E-state index in [-0.39, 0.29) is 4.69 Å². The molecule has 3 nitrogen and oxygen atoms in total. The summed E-state index contributed by atoms with van der Waals surface area (Å²) in [5.74, 6) is 0.426. The van der Waals surface area contributed by atoms with E-state index in [1.807, 2.05) is 0 Å². The van der Waals surface area contributed by atoms with Gasteiger partial charge in [-0.2, -0.15) is 0 Å². The monoisotopic (exact) mass is 188 g/mol. The minimum Gasteiger partial charge on any atom is -0.331 e. The lowest BCUT2D eigenvalue weighted by Gasteiger charge is -1.90. The third kappa shape index (κ3) is 1.18. The molecule has 1 rings (SSSR count). The van der Waals surface area contributed by atoms with E-state index in [0.29, 0.717) is 5.82 Å². The first-order valence-electron chi connectivity index (χ1n) is 2.39. The number of carbonyl (C=O) groups excluding carboxylic acids is 1. The van der Waals surface area contributed by atoms with Crippen molar-refractivity contribution in [3.05, 3.63) is 18.2 Å². The summed E-state index contributed by atoms with van der Waals surface area (Å²) in [6, 6.07) is 0. The Kier molecular flexibility index (Phi) is 1.66. The minimum atomic E-state index is -0.185. The number of imidazole rings is 1. The third-order valence-electron chi connectivity index (χ3n) is 0.997. The molecule has 0 N–H and O–H groups in total. The normalized spacial score (nSPS) is 9.56. The quantitative estimate of drug-likeness (QED) is 0.616. The summed E-state index contributed by atoms with van der Waals surface area (Å²) >= 11 is 2.79. The Balaban J connectivity index is 3.08. The molecule has 0 saturated heterocycles. The Morgan fingerprint density at radius 1 is 1.89 bits per heavy atom. The average Bonchev–Trinajstić information content (AvgIpc) is 2.13. The lowest BCUT2D eigenvalue weighted by Crippen LogP contribution is -1.99. The molecule has 0 aromatic carbocycles. The molecule has 1 aromatic heterocycles. The topological polar surface area (TPSA) is 34.9 Å². The number of carbonyl (C=O) groups is 1. The largest absolute Gasteiger partial charge is 0.331 e. The average molecular weight is 189 g/mol. The van der Waals surface area contributed by atoms with E-state index in [1.165, 1.54) is 0 Å². The van der Waals surface area contributed by atoms with Crippen LogP contribution in [-0.2, 0) is 7.05 Å². The highest BCUT2D eigenvalue weighted by Gasteiger charge is 2.04. The van der Waals surface area contributed by atoms with E-state index >= 15 is 0 Å². The van der Waals surface area contributed by atoms with Crippen LogP contribution < -0.4 is 0 Å². The maximum Gasteiger partial charge on any atom is 0.263 e. The smallest absolute Gasteiger partial charge is 0.263 e. The molecule has 0 aliphatic carbocycles. The lowest BCUT2D eigenvalue weighted by atomic mass is 10.7. The van der Waals surface area contributed by atoms with E-state index in [1.54, 1.807) is 24.0 Å². The second-order valence-electron chi connectivity index (χ2n) is 1.64. The van der Waals surface area contributed by atoms with Gasteiger partial charge in [0.15, 0.2) is 5.82 Å². The lowest BCUT2D eigenvalue weighted by molar-refractivity contribution is 0.108. The molecular weight excluding hydrogens is 184 g/mol. The molecule has 4 heteroatoms. The molecule has 9 heavy (non-hydrogen) atoms. The number of halogens is 1. The van der Waals surface area contributed by atoms with Crippen LogP contribution in [0.2, 0.25) is 0 Å². The van der Waals surface area contributed by atoms with Gasteiger partial charge < -0.3 is 4.57 Å². The fourth-order valence-electron chi connectivity index (χ4n) is 0.555. The van der Waals surface area contributed by atoms with Crippen LogP contribution in [0, 0.1) is 0 Å². The van der Waals surface area contributed by atoms with Gasteiger partial charge in [-0.15, -0.1) is 0 Å². The number of nitrogens with zero attached hydrogens (tertiary/aromatic N) is 2. The van der Waals surface area contributed by atoms with Crippen molar-refractivity contribution in [1.82, 2.24) is 9.55 Å². The fraction of sp³-hybridized carbons (Fsp3) is 0.200. The highest BCUT2D eigenvalue weighted by Crippen LogP contribution is 1.99. The molecule has 0 saturated carbocycles. The van der Waals surface area contributed by atoms with Gasteiger partial charge in [-0.05, 0) is 0 Å². The number of rotatable bonds is 1. The van der Waals surface area contributed by atoms with Crippen LogP contribution in [0.25, 0.3) is 0 Å². The summed E-state index contributed by atoms with van der Waals surface area (Å²) in [4.78, 5) is 14.3. The van der Waals surface area contributed by atoms with Gasteiger partial charge in [0, 0.05) is 35.4 Å². The Morgan fingerprint density at radius 2 is 2.56 bits per heavy atom. The van der Waals surface area contributed by atoms with Crippen molar-refractivity contribution in [3.63, 3.8) is 0 Å². The summed E-state index contributed by atoms with van der Waals surface area (Å²) in [6.45, 7) is 0. The molecule has 1 aromatic rings. The van der Waals surface area contributed by atoms with E-state index in [0.717, 1.165) is 0 Å². The maximum absolute atomic E-state index is 10.6. The van der Waals surface area contributed by atoms with Gasteiger partial charge in [0.1, 0.15) is 0 Å². The zero-order chi connectivity index (χ0) is 6.85. The predicted octanol–water partition coefficient (Wildman–Crippen LogP) is 0.955. The summed E-state index contributed by atoms with van der Waals surface area (Å²) < 4.78 is 1.46. The van der Waals surface area contributed by atoms with E-state index < -0.39 is 0 Å². The first kappa shape index (κ1) is 6.48. The number of hydrogen-bond donors (Lipinski definition) is 0. The molecule has 0 bridgehead atoms. The van der Waals surface area contributed by atoms with E-state index in [2.05, 4.69) is 20.9 Å². The summed E-state index contributed by atoms with van der Waals surface area (Å²) in [5.41, 5.74) is 0. The van der Waals surface area contributed by atoms with Crippen LogP contribution in [-0.4, -0.2) is 14.2 Å². The number of hydrogen-bond acceptors (Lipinski definition) is 2. The highest BCUT2D eigenvalue weighted by molar-refractivity contribution is 9.18. The first-order chi connectivity index (χ1) is 4.22. The number of aromatic nitrogens is 2. The Bertz CT molecular complexity index is 231. The molecule has 0 fully saturated rings. The van der Waals surface area contributed by atoms with Gasteiger partial charge in [-0.1, -0.05) is 0 Å². The van der Waals surface area contributed by atoms with Crippen LogP contribution >= 0.6 is 15.9 Å². The standard InChI is InChI=1S/C5H5BrN2O/c1-8-3-2-7-5(8)4(6)9/h2-3H,1H3. The molecule has 0 spiro atoms. The van der Waals surface area contributed by atoms with Crippen molar-refractivity contribution >= 4 is 20.6 Å². The first-order valence-corrected chi connectivity index (χ1v) is 3.18. The van der Waals surface area contributed by atoms with Crippen LogP contribution in [0.15, 0.2) is 12.4 Å². The minimum absolute atomic E-state index is 0.185. The van der Waals surface area contributed by atoms with Crippen molar-refractivity contribution in [2.24, 2.45) is 7.05 Å². The summed E-state index contributed by atoms with van der Waals surface area (Å²) in [7, 11) is 1.77.